The third-order valence-corrected chi connectivity index (χ3v) is 3.46. The summed E-state index contributed by atoms with van der Waals surface area (Å²) in [5, 5.41) is 9.08. The molecule has 0 spiro atoms. The molecule has 1 heterocycles. The average molecular weight is 233 g/mol. The number of carboxylic acid groups (broad SMARTS) is 1. The Morgan fingerprint density at radius 1 is 1.41 bits per heavy atom. The second-order valence-electron chi connectivity index (χ2n) is 4.77. The zero-order chi connectivity index (χ0) is 12.3. The van der Waals surface area contributed by atoms with Gasteiger partial charge in [-0.05, 0) is 38.3 Å². The van der Waals surface area contributed by atoms with Gasteiger partial charge in [0.2, 0.25) is 0 Å². The number of carbonyl (C=O) groups is 1. The van der Waals surface area contributed by atoms with Gasteiger partial charge in [0.25, 0.3) is 0 Å². The van der Waals surface area contributed by atoms with E-state index < -0.39 is 5.97 Å². The van der Waals surface area contributed by atoms with Crippen molar-refractivity contribution in [3.8, 4) is 0 Å². The first-order valence-electron chi connectivity index (χ1n) is 6.19. The highest BCUT2D eigenvalue weighted by molar-refractivity contribution is 5.73. The molecular weight excluding hydrogens is 214 g/mol. The molecule has 1 saturated heterocycles. The lowest BCUT2D eigenvalue weighted by Crippen LogP contribution is -2.37. The molecule has 3 heteroatoms. The molecule has 0 bridgehead atoms. The summed E-state index contributed by atoms with van der Waals surface area (Å²) in [5.74, 6) is -0.675. The highest BCUT2D eigenvalue weighted by Crippen LogP contribution is 2.17. The Bertz CT molecular complexity index is 386. The minimum Gasteiger partial charge on any atom is -0.480 e. The molecule has 1 fully saturated rings. The van der Waals surface area contributed by atoms with Gasteiger partial charge in [0.05, 0.1) is 0 Å². The maximum atomic E-state index is 11.0. The number of hydrogen-bond donors (Lipinski definition) is 1. The fraction of sp³-hybridized carbons (Fsp3) is 0.500. The quantitative estimate of drug-likeness (QED) is 0.865. The Hall–Kier alpha value is -1.35. The fourth-order valence-electron chi connectivity index (χ4n) is 2.40. The summed E-state index contributed by atoms with van der Waals surface area (Å²) in [7, 11) is 0. The largest absolute Gasteiger partial charge is 0.480 e. The van der Waals surface area contributed by atoms with Crippen LogP contribution in [-0.4, -0.2) is 35.1 Å². The van der Waals surface area contributed by atoms with Crippen molar-refractivity contribution in [2.75, 3.05) is 13.1 Å². The van der Waals surface area contributed by atoms with Crippen LogP contribution in [0.15, 0.2) is 24.3 Å². The molecule has 1 N–H and O–H groups in total. The Labute approximate surface area is 102 Å². The average Bonchev–Trinajstić information content (AvgIpc) is 2.76. The second kappa shape index (κ2) is 5.32. The first kappa shape index (κ1) is 12.1. The number of likely N-dealkylation sites (tertiary alicyclic amines) is 1. The first-order valence-corrected chi connectivity index (χ1v) is 6.19. The van der Waals surface area contributed by atoms with Crippen LogP contribution in [0.2, 0.25) is 0 Å². The van der Waals surface area contributed by atoms with E-state index >= 15 is 0 Å². The summed E-state index contributed by atoms with van der Waals surface area (Å²) in [6.45, 7) is 3.84. The lowest BCUT2D eigenvalue weighted by molar-refractivity contribution is -0.142. The zero-order valence-electron chi connectivity index (χ0n) is 10.2. The molecule has 1 aromatic rings. The van der Waals surface area contributed by atoms with E-state index in [1.807, 2.05) is 0 Å². The lowest BCUT2D eigenvalue weighted by Gasteiger charge is -2.20. The van der Waals surface area contributed by atoms with Crippen LogP contribution in [0.3, 0.4) is 0 Å². The minimum atomic E-state index is -0.675. The molecule has 3 nitrogen and oxygen atoms in total. The molecule has 0 amide bonds. The number of hydrogen-bond acceptors (Lipinski definition) is 2. The molecule has 1 atom stereocenters. The highest BCUT2D eigenvalue weighted by atomic mass is 16.4. The van der Waals surface area contributed by atoms with Gasteiger partial charge < -0.3 is 5.11 Å². The molecular formula is C14H19NO2. The Morgan fingerprint density at radius 3 is 2.76 bits per heavy atom. The third kappa shape index (κ3) is 3.07. The van der Waals surface area contributed by atoms with Gasteiger partial charge in [0, 0.05) is 6.54 Å². The van der Waals surface area contributed by atoms with Crippen LogP contribution >= 0.6 is 0 Å². The topological polar surface area (TPSA) is 40.5 Å². The van der Waals surface area contributed by atoms with E-state index in [1.165, 1.54) is 11.1 Å². The zero-order valence-corrected chi connectivity index (χ0v) is 10.2. The van der Waals surface area contributed by atoms with Gasteiger partial charge in [0.1, 0.15) is 6.04 Å². The van der Waals surface area contributed by atoms with Crippen LogP contribution in [0.4, 0.5) is 0 Å². The molecule has 1 unspecified atom stereocenters. The lowest BCUT2D eigenvalue weighted by atomic mass is 10.1. The van der Waals surface area contributed by atoms with Gasteiger partial charge in [-0.25, -0.2) is 0 Å². The highest BCUT2D eigenvalue weighted by Gasteiger charge is 2.29. The summed E-state index contributed by atoms with van der Waals surface area (Å²) in [4.78, 5) is 13.1. The maximum Gasteiger partial charge on any atom is 0.320 e. The normalized spacial score (nSPS) is 20.6. The third-order valence-electron chi connectivity index (χ3n) is 3.46. The summed E-state index contributed by atoms with van der Waals surface area (Å²) in [5.41, 5.74) is 2.55. The number of nitrogens with zero attached hydrogens (tertiary/aromatic N) is 1. The van der Waals surface area contributed by atoms with Crippen molar-refractivity contribution in [3.05, 3.63) is 35.4 Å². The number of carboxylic acids is 1. The van der Waals surface area contributed by atoms with Crippen molar-refractivity contribution >= 4 is 5.97 Å². The molecule has 2 rings (SSSR count). The van der Waals surface area contributed by atoms with Crippen LogP contribution < -0.4 is 0 Å². The predicted octanol–water partition coefficient (Wildman–Crippen LogP) is 2.09. The number of rotatable bonds is 4. The molecule has 0 saturated carbocycles. The van der Waals surface area contributed by atoms with E-state index in [0.717, 1.165) is 32.4 Å². The SMILES string of the molecule is Cc1ccc(CCN2CCCC2C(=O)O)cc1. The van der Waals surface area contributed by atoms with Crippen LogP contribution in [0, 0.1) is 6.92 Å². The van der Waals surface area contributed by atoms with E-state index in [-0.39, 0.29) is 6.04 Å². The number of benzene rings is 1. The molecule has 92 valence electrons. The van der Waals surface area contributed by atoms with E-state index in [0.29, 0.717) is 0 Å². The minimum absolute atomic E-state index is 0.263. The van der Waals surface area contributed by atoms with Crippen molar-refractivity contribution in [2.45, 2.75) is 32.2 Å². The number of aliphatic carboxylic acids is 1. The summed E-state index contributed by atoms with van der Waals surface area (Å²) in [6, 6.07) is 8.20. The fourth-order valence-corrected chi connectivity index (χ4v) is 2.40. The van der Waals surface area contributed by atoms with Crippen LogP contribution in [0.1, 0.15) is 24.0 Å². The summed E-state index contributed by atoms with van der Waals surface area (Å²) in [6.07, 6.45) is 2.73. The van der Waals surface area contributed by atoms with Crippen molar-refractivity contribution < 1.29 is 9.90 Å². The van der Waals surface area contributed by atoms with Crippen molar-refractivity contribution in [2.24, 2.45) is 0 Å². The predicted molar refractivity (Wildman–Crippen MR) is 67.1 cm³/mol. The molecule has 1 aliphatic heterocycles. The molecule has 1 aliphatic rings. The van der Waals surface area contributed by atoms with E-state index in [1.54, 1.807) is 0 Å². The molecule has 0 radical (unpaired) electrons. The van der Waals surface area contributed by atoms with Crippen LogP contribution in [-0.2, 0) is 11.2 Å². The van der Waals surface area contributed by atoms with Crippen molar-refractivity contribution in [3.63, 3.8) is 0 Å². The van der Waals surface area contributed by atoms with Gasteiger partial charge in [-0.1, -0.05) is 29.8 Å². The van der Waals surface area contributed by atoms with Gasteiger partial charge in [-0.15, -0.1) is 0 Å². The smallest absolute Gasteiger partial charge is 0.320 e. The summed E-state index contributed by atoms with van der Waals surface area (Å²) >= 11 is 0. The van der Waals surface area contributed by atoms with E-state index in [9.17, 15) is 4.79 Å². The van der Waals surface area contributed by atoms with Crippen LogP contribution in [0.5, 0.6) is 0 Å². The molecule has 0 aliphatic carbocycles. The number of aryl methyl sites for hydroxylation is 1. The van der Waals surface area contributed by atoms with Crippen LogP contribution in [0.25, 0.3) is 0 Å². The Balaban J connectivity index is 1.89. The standard InChI is InChI=1S/C14H19NO2/c1-11-4-6-12(7-5-11)8-10-15-9-2-3-13(15)14(16)17/h4-7,13H,2-3,8-10H2,1H3,(H,16,17). The molecule has 0 aromatic heterocycles. The van der Waals surface area contributed by atoms with Gasteiger partial charge in [0.15, 0.2) is 0 Å². The Kier molecular flexibility index (Phi) is 3.79. The monoisotopic (exact) mass is 233 g/mol. The van der Waals surface area contributed by atoms with Gasteiger partial charge in [-0.3, -0.25) is 9.69 Å². The molecule has 1 aromatic carbocycles. The molecule has 17 heavy (non-hydrogen) atoms. The second-order valence-corrected chi connectivity index (χ2v) is 4.77. The van der Waals surface area contributed by atoms with Crippen molar-refractivity contribution in [1.82, 2.24) is 4.90 Å². The van der Waals surface area contributed by atoms with E-state index in [4.69, 9.17) is 5.11 Å². The first-order chi connectivity index (χ1) is 8.16. The van der Waals surface area contributed by atoms with Gasteiger partial charge >= 0.3 is 5.97 Å². The van der Waals surface area contributed by atoms with Gasteiger partial charge in [-0.2, -0.15) is 0 Å². The Morgan fingerprint density at radius 2 is 2.12 bits per heavy atom. The van der Waals surface area contributed by atoms with E-state index in [2.05, 4.69) is 36.1 Å². The maximum absolute atomic E-state index is 11.0. The summed E-state index contributed by atoms with van der Waals surface area (Å²) < 4.78 is 0. The van der Waals surface area contributed by atoms with Crippen molar-refractivity contribution in [1.29, 1.82) is 0 Å².